The topological polar surface area (TPSA) is 85.8 Å². The number of hydrogen-bond donors (Lipinski definition) is 0. The van der Waals surface area contributed by atoms with Crippen molar-refractivity contribution in [1.82, 2.24) is 14.7 Å². The van der Waals surface area contributed by atoms with Crippen LogP contribution in [0.1, 0.15) is 19.4 Å². The molecule has 0 aliphatic carbocycles. The van der Waals surface area contributed by atoms with Gasteiger partial charge in [0.2, 0.25) is 5.96 Å². The lowest BCUT2D eigenvalue weighted by molar-refractivity contribution is -0.142. The van der Waals surface area contributed by atoms with Crippen LogP contribution in [0.5, 0.6) is 5.75 Å². The molecule has 2 aromatic rings. The maximum Gasteiger partial charge on any atom is 0.328 e. The highest BCUT2D eigenvalue weighted by Gasteiger charge is 2.56. The van der Waals surface area contributed by atoms with Crippen molar-refractivity contribution < 1.29 is 19.1 Å². The Hall–Kier alpha value is -4.14. The first-order chi connectivity index (χ1) is 16.3. The molecule has 5 rings (SSSR count). The molecule has 9 nitrogen and oxygen atoms in total. The number of fused-ring (bicyclic) bond motifs is 3. The molecule has 0 radical (unpaired) electrons. The van der Waals surface area contributed by atoms with E-state index in [1.165, 1.54) is 11.8 Å². The molecule has 0 saturated carbocycles. The van der Waals surface area contributed by atoms with Gasteiger partial charge in [0, 0.05) is 24.9 Å². The zero-order chi connectivity index (χ0) is 24.1. The summed E-state index contributed by atoms with van der Waals surface area (Å²) in [5.41, 5.74) is 2.59. The summed E-state index contributed by atoms with van der Waals surface area (Å²) in [6.07, 6.45) is 1.18. The maximum atomic E-state index is 13.6. The molecule has 1 saturated heterocycles. The molecular weight excluding hydrogens is 434 g/mol. The van der Waals surface area contributed by atoms with Crippen LogP contribution in [0.4, 0.5) is 10.5 Å². The number of Topliss-reactive ketones (excluding diaryl/α,β-unsaturated/α-hetero) is 1. The summed E-state index contributed by atoms with van der Waals surface area (Å²) in [5, 5.41) is 0. The van der Waals surface area contributed by atoms with Crippen LogP contribution < -0.4 is 9.64 Å². The molecule has 174 valence electrons. The van der Waals surface area contributed by atoms with Gasteiger partial charge in [-0.25, -0.2) is 9.79 Å². The van der Waals surface area contributed by atoms with E-state index in [0.29, 0.717) is 11.7 Å². The molecule has 3 heterocycles. The molecule has 0 aromatic heterocycles. The number of imide groups is 1. The Morgan fingerprint density at radius 2 is 1.82 bits per heavy atom. The zero-order valence-corrected chi connectivity index (χ0v) is 19.4. The molecule has 3 atom stereocenters. The van der Waals surface area contributed by atoms with E-state index >= 15 is 0 Å². The van der Waals surface area contributed by atoms with Gasteiger partial charge in [-0.3, -0.25) is 24.3 Å². The van der Waals surface area contributed by atoms with Gasteiger partial charge in [0.1, 0.15) is 5.75 Å². The van der Waals surface area contributed by atoms with Gasteiger partial charge in [-0.1, -0.05) is 36.4 Å². The summed E-state index contributed by atoms with van der Waals surface area (Å²) in [5.74, 6) is 0.523. The number of likely N-dealkylation sites (N-methyl/N-ethyl adjacent to an activating group) is 1. The predicted octanol–water partition coefficient (Wildman–Crippen LogP) is 2.75. The Balaban J connectivity index is 1.62. The third-order valence-electron chi connectivity index (χ3n) is 6.51. The van der Waals surface area contributed by atoms with E-state index in [2.05, 4.69) is 0 Å². The number of ether oxygens (including phenoxy) is 1. The van der Waals surface area contributed by atoms with Crippen molar-refractivity contribution in [2.45, 2.75) is 32.1 Å². The highest BCUT2D eigenvalue weighted by atomic mass is 16.5. The molecule has 3 unspecified atom stereocenters. The van der Waals surface area contributed by atoms with E-state index in [1.807, 2.05) is 65.7 Å². The summed E-state index contributed by atoms with van der Waals surface area (Å²) in [7, 11) is 3.21. The van der Waals surface area contributed by atoms with Gasteiger partial charge in [-0.15, -0.1) is 0 Å². The molecule has 0 N–H and O–H groups in total. The van der Waals surface area contributed by atoms with E-state index in [4.69, 9.17) is 9.73 Å². The maximum absolute atomic E-state index is 13.6. The fourth-order valence-electron chi connectivity index (χ4n) is 4.55. The van der Waals surface area contributed by atoms with Crippen LogP contribution in [-0.2, 0) is 9.59 Å². The summed E-state index contributed by atoms with van der Waals surface area (Å²) >= 11 is 0. The molecule has 34 heavy (non-hydrogen) atoms. The van der Waals surface area contributed by atoms with E-state index in [-0.39, 0.29) is 5.78 Å². The summed E-state index contributed by atoms with van der Waals surface area (Å²) in [6.45, 7) is 2.95. The highest BCUT2D eigenvalue weighted by Crippen LogP contribution is 2.40. The van der Waals surface area contributed by atoms with Crippen LogP contribution in [0, 0.1) is 0 Å². The van der Waals surface area contributed by atoms with Gasteiger partial charge in [0.25, 0.3) is 5.91 Å². The lowest BCUT2D eigenvalue weighted by Gasteiger charge is -2.41. The van der Waals surface area contributed by atoms with Crippen molar-refractivity contribution in [2.24, 2.45) is 4.99 Å². The molecule has 0 bridgehead atoms. The number of aliphatic imine (C=N–C) groups is 1. The number of hydrogen-bond acceptors (Lipinski definition) is 7. The second-order valence-corrected chi connectivity index (χ2v) is 8.50. The number of guanidine groups is 1. The van der Waals surface area contributed by atoms with Gasteiger partial charge in [-0.2, -0.15) is 0 Å². The number of nitrogens with zero attached hydrogens (tertiary/aromatic N) is 5. The van der Waals surface area contributed by atoms with Gasteiger partial charge in [-0.05, 0) is 26.0 Å². The fourth-order valence-corrected chi connectivity index (χ4v) is 4.55. The van der Waals surface area contributed by atoms with Gasteiger partial charge >= 0.3 is 6.03 Å². The number of carbonyl (C=O) groups excluding carboxylic acids is 3. The first-order valence-corrected chi connectivity index (χ1v) is 11.0. The van der Waals surface area contributed by atoms with Crippen molar-refractivity contribution in [1.29, 1.82) is 0 Å². The molecule has 3 aliphatic heterocycles. The molecule has 9 heteroatoms. The molecule has 0 spiro atoms. The summed E-state index contributed by atoms with van der Waals surface area (Å²) < 4.78 is 5.43. The van der Waals surface area contributed by atoms with Crippen molar-refractivity contribution in [3.63, 3.8) is 0 Å². The van der Waals surface area contributed by atoms with Gasteiger partial charge in [0.05, 0.1) is 24.5 Å². The Kier molecular flexibility index (Phi) is 5.11. The number of carbonyl (C=O) groups is 3. The highest BCUT2D eigenvalue weighted by molar-refractivity contribution is 6.16. The summed E-state index contributed by atoms with van der Waals surface area (Å²) in [4.78, 5) is 49.7. The summed E-state index contributed by atoms with van der Waals surface area (Å²) in [6, 6.07) is 15.2. The second kappa shape index (κ2) is 8.02. The average Bonchev–Trinajstić information content (AvgIpc) is 3.39. The fraction of sp³-hybridized carbons (Fsp3) is 0.280. The van der Waals surface area contributed by atoms with Crippen molar-refractivity contribution in [2.75, 3.05) is 19.1 Å². The van der Waals surface area contributed by atoms with E-state index < -0.39 is 30.2 Å². The predicted molar refractivity (Wildman–Crippen MR) is 127 cm³/mol. The van der Waals surface area contributed by atoms with Gasteiger partial charge in [0.15, 0.2) is 18.0 Å². The monoisotopic (exact) mass is 459 g/mol. The Morgan fingerprint density at radius 1 is 1.09 bits per heavy atom. The van der Waals surface area contributed by atoms with Gasteiger partial charge < -0.3 is 9.64 Å². The second-order valence-electron chi connectivity index (χ2n) is 8.50. The molecule has 2 aromatic carbocycles. The number of ketones is 1. The number of methoxy groups -OCH3 is 1. The van der Waals surface area contributed by atoms with Crippen molar-refractivity contribution >= 4 is 35.1 Å². The molecule has 3 amide bonds. The molecule has 3 aliphatic rings. The first-order valence-electron chi connectivity index (χ1n) is 11.0. The van der Waals surface area contributed by atoms with Crippen LogP contribution in [-0.4, -0.2) is 70.8 Å². The minimum absolute atomic E-state index is 0.257. The lowest BCUT2D eigenvalue weighted by Crippen LogP contribution is -2.66. The number of anilines is 1. The molecular formula is C25H25N5O4. The zero-order valence-electron chi connectivity index (χ0n) is 19.4. The van der Waals surface area contributed by atoms with Crippen LogP contribution in [0.3, 0.4) is 0 Å². The first kappa shape index (κ1) is 21.7. The van der Waals surface area contributed by atoms with Crippen molar-refractivity contribution in [3.05, 3.63) is 66.4 Å². The van der Waals surface area contributed by atoms with Crippen LogP contribution in [0.25, 0.3) is 5.70 Å². The third kappa shape index (κ3) is 3.15. The lowest BCUT2D eigenvalue weighted by atomic mass is 10.1. The van der Waals surface area contributed by atoms with Crippen LogP contribution >= 0.6 is 0 Å². The Bertz CT molecular complexity index is 1240. The SMILES string of the molecule is COc1cccc(N2C(c3ccccc3)=CN3C2=NC2C3C(=O)N(C(C)C(C)=O)C(=O)N2C)c1. The number of rotatable bonds is 5. The minimum Gasteiger partial charge on any atom is -0.497 e. The molecule has 1 fully saturated rings. The number of urea groups is 1. The Morgan fingerprint density at radius 3 is 2.50 bits per heavy atom. The largest absolute Gasteiger partial charge is 0.497 e. The minimum atomic E-state index is -0.859. The van der Waals surface area contributed by atoms with E-state index in [1.54, 1.807) is 26.0 Å². The quantitative estimate of drug-likeness (QED) is 0.684. The van der Waals surface area contributed by atoms with Crippen LogP contribution in [0.15, 0.2) is 65.8 Å². The van der Waals surface area contributed by atoms with E-state index in [9.17, 15) is 14.4 Å². The van der Waals surface area contributed by atoms with E-state index in [0.717, 1.165) is 21.8 Å². The average molecular weight is 460 g/mol. The third-order valence-corrected chi connectivity index (χ3v) is 6.51. The normalized spacial score (nSPS) is 22.4. The Labute approximate surface area is 197 Å². The number of benzene rings is 2. The van der Waals surface area contributed by atoms with Crippen molar-refractivity contribution in [3.8, 4) is 5.75 Å². The van der Waals surface area contributed by atoms with Crippen LogP contribution in [0.2, 0.25) is 0 Å². The smallest absolute Gasteiger partial charge is 0.328 e. The number of amides is 3. The standard InChI is InChI=1S/C25H25N5O4/c1-15(16(2)31)29-23(32)21-22(27(3)25(29)33)26-24-28(21)14-20(17-9-6-5-7-10-17)30(24)18-11-8-12-19(13-18)34-4/h5-15,21-22H,1-4H3.